The van der Waals surface area contributed by atoms with Crippen LogP contribution in [-0.4, -0.2) is 23.9 Å². The summed E-state index contributed by atoms with van der Waals surface area (Å²) >= 11 is 11.5. The van der Waals surface area contributed by atoms with Crippen molar-refractivity contribution in [1.82, 2.24) is 5.32 Å². The quantitative estimate of drug-likeness (QED) is 0.781. The van der Waals surface area contributed by atoms with Crippen LogP contribution in [0.3, 0.4) is 0 Å². The Morgan fingerprint density at radius 2 is 2.00 bits per heavy atom. The molecule has 1 N–H and O–H groups in total. The van der Waals surface area contributed by atoms with E-state index < -0.39 is 0 Å². The van der Waals surface area contributed by atoms with E-state index in [1.165, 1.54) is 0 Å². The number of carbonyl (C=O) groups is 1. The zero-order valence-electron chi connectivity index (χ0n) is 11.2. The van der Waals surface area contributed by atoms with Gasteiger partial charge >= 0.3 is 0 Å². The summed E-state index contributed by atoms with van der Waals surface area (Å²) in [6, 6.07) is 6.90. The molecule has 1 atom stereocenters. The Morgan fingerprint density at radius 1 is 1.37 bits per heavy atom. The van der Waals surface area contributed by atoms with Gasteiger partial charge in [-0.05, 0) is 44.0 Å². The lowest BCUT2D eigenvalue weighted by Crippen LogP contribution is -2.47. The highest BCUT2D eigenvalue weighted by atomic mass is 35.5. The largest absolute Gasteiger partial charge is 0.484 e. The van der Waals surface area contributed by atoms with Crippen molar-refractivity contribution in [2.75, 3.05) is 12.5 Å². The SMILES string of the molecule is CCC(C)(CCCl)NC(=O)COc1ccc(Cl)cc1. The van der Waals surface area contributed by atoms with E-state index in [1.807, 2.05) is 13.8 Å². The van der Waals surface area contributed by atoms with Gasteiger partial charge in [-0.15, -0.1) is 11.6 Å². The lowest BCUT2D eigenvalue weighted by Gasteiger charge is -2.28. The molecule has 1 unspecified atom stereocenters. The maximum Gasteiger partial charge on any atom is 0.258 e. The Morgan fingerprint density at radius 3 is 2.53 bits per heavy atom. The van der Waals surface area contributed by atoms with Gasteiger partial charge in [0.2, 0.25) is 0 Å². The maximum atomic E-state index is 11.8. The molecule has 0 saturated heterocycles. The highest BCUT2D eigenvalue weighted by Gasteiger charge is 2.23. The summed E-state index contributed by atoms with van der Waals surface area (Å²) in [6.07, 6.45) is 1.56. The van der Waals surface area contributed by atoms with Crippen molar-refractivity contribution in [2.24, 2.45) is 0 Å². The van der Waals surface area contributed by atoms with Crippen molar-refractivity contribution in [2.45, 2.75) is 32.2 Å². The minimum Gasteiger partial charge on any atom is -0.484 e. The third-order valence-corrected chi connectivity index (χ3v) is 3.49. The zero-order valence-corrected chi connectivity index (χ0v) is 12.7. The molecular formula is C14H19Cl2NO2. The number of hydrogen-bond acceptors (Lipinski definition) is 2. The van der Waals surface area contributed by atoms with Crippen molar-refractivity contribution < 1.29 is 9.53 Å². The third-order valence-electron chi connectivity index (χ3n) is 3.05. The topological polar surface area (TPSA) is 38.3 Å². The molecule has 0 heterocycles. The molecule has 0 aromatic heterocycles. The molecule has 0 aliphatic carbocycles. The molecule has 0 spiro atoms. The highest BCUT2D eigenvalue weighted by molar-refractivity contribution is 6.30. The average Bonchev–Trinajstić information content (AvgIpc) is 2.38. The molecule has 0 saturated carbocycles. The number of halogens is 2. The van der Waals surface area contributed by atoms with Crippen molar-refractivity contribution in [3.63, 3.8) is 0 Å². The smallest absolute Gasteiger partial charge is 0.258 e. The van der Waals surface area contributed by atoms with Crippen LogP contribution in [0.1, 0.15) is 26.7 Å². The number of nitrogens with one attached hydrogen (secondary N) is 1. The molecule has 0 aliphatic rings. The van der Waals surface area contributed by atoms with Crippen LogP contribution in [0.15, 0.2) is 24.3 Å². The van der Waals surface area contributed by atoms with Crippen molar-refractivity contribution in [3.8, 4) is 5.75 Å². The molecule has 1 aromatic carbocycles. The molecule has 0 fully saturated rings. The van der Waals surface area contributed by atoms with E-state index in [-0.39, 0.29) is 18.1 Å². The van der Waals surface area contributed by atoms with E-state index in [0.29, 0.717) is 16.7 Å². The first-order valence-corrected chi connectivity index (χ1v) is 7.15. The summed E-state index contributed by atoms with van der Waals surface area (Å²) in [7, 11) is 0. The van der Waals surface area contributed by atoms with Crippen LogP contribution in [0.5, 0.6) is 5.75 Å². The van der Waals surface area contributed by atoms with E-state index in [9.17, 15) is 4.79 Å². The van der Waals surface area contributed by atoms with Gasteiger partial charge in [-0.25, -0.2) is 0 Å². The molecule has 0 bridgehead atoms. The zero-order chi connectivity index (χ0) is 14.3. The summed E-state index contributed by atoms with van der Waals surface area (Å²) in [5.74, 6) is 0.988. The van der Waals surface area contributed by atoms with Crippen LogP contribution in [-0.2, 0) is 4.79 Å². The first kappa shape index (κ1) is 16.1. The van der Waals surface area contributed by atoms with Gasteiger partial charge in [0.15, 0.2) is 6.61 Å². The second-order valence-electron chi connectivity index (χ2n) is 4.64. The second kappa shape index (κ2) is 7.61. The third kappa shape index (κ3) is 5.70. The van der Waals surface area contributed by atoms with E-state index in [1.54, 1.807) is 24.3 Å². The van der Waals surface area contributed by atoms with Crippen LogP contribution >= 0.6 is 23.2 Å². The van der Waals surface area contributed by atoms with Crippen molar-refractivity contribution >= 4 is 29.1 Å². The molecule has 5 heteroatoms. The normalized spacial score (nSPS) is 13.7. The number of ether oxygens (including phenoxy) is 1. The molecule has 106 valence electrons. The molecule has 0 aliphatic heterocycles. The van der Waals surface area contributed by atoms with Gasteiger partial charge in [-0.2, -0.15) is 0 Å². The van der Waals surface area contributed by atoms with Crippen LogP contribution in [0, 0.1) is 0 Å². The summed E-state index contributed by atoms with van der Waals surface area (Å²) in [5.41, 5.74) is -0.276. The first-order valence-electron chi connectivity index (χ1n) is 6.24. The second-order valence-corrected chi connectivity index (χ2v) is 5.46. The first-order chi connectivity index (χ1) is 8.99. The molecule has 3 nitrogen and oxygen atoms in total. The lowest BCUT2D eigenvalue weighted by molar-refractivity contribution is -0.125. The minimum absolute atomic E-state index is 0.0144. The van der Waals surface area contributed by atoms with Gasteiger partial charge in [0, 0.05) is 16.4 Å². The van der Waals surface area contributed by atoms with Gasteiger partial charge < -0.3 is 10.1 Å². The Kier molecular flexibility index (Phi) is 6.46. The molecule has 0 radical (unpaired) electrons. The average molecular weight is 304 g/mol. The summed E-state index contributed by atoms with van der Waals surface area (Å²) in [6.45, 7) is 3.99. The number of hydrogen-bond donors (Lipinski definition) is 1. The molecule has 1 rings (SSSR count). The Bertz CT molecular complexity index is 408. The molecule has 1 aromatic rings. The predicted molar refractivity (Wildman–Crippen MR) is 79.1 cm³/mol. The Hall–Kier alpha value is -0.930. The van der Waals surface area contributed by atoms with E-state index in [0.717, 1.165) is 12.8 Å². The number of alkyl halides is 1. The number of carbonyl (C=O) groups excluding carboxylic acids is 1. The Balaban J connectivity index is 2.45. The van der Waals surface area contributed by atoms with Crippen molar-refractivity contribution in [1.29, 1.82) is 0 Å². The minimum atomic E-state index is -0.276. The number of benzene rings is 1. The molecule has 19 heavy (non-hydrogen) atoms. The highest BCUT2D eigenvalue weighted by Crippen LogP contribution is 2.17. The van der Waals surface area contributed by atoms with Crippen LogP contribution in [0.25, 0.3) is 0 Å². The van der Waals surface area contributed by atoms with E-state index in [4.69, 9.17) is 27.9 Å². The van der Waals surface area contributed by atoms with E-state index >= 15 is 0 Å². The van der Waals surface area contributed by atoms with Crippen LogP contribution in [0.4, 0.5) is 0 Å². The lowest BCUT2D eigenvalue weighted by atomic mass is 9.95. The van der Waals surface area contributed by atoms with Gasteiger partial charge in [0.1, 0.15) is 5.75 Å². The maximum absolute atomic E-state index is 11.8. The van der Waals surface area contributed by atoms with Crippen LogP contribution in [0.2, 0.25) is 5.02 Å². The fourth-order valence-corrected chi connectivity index (χ4v) is 2.13. The monoisotopic (exact) mass is 303 g/mol. The van der Waals surface area contributed by atoms with Gasteiger partial charge in [-0.3, -0.25) is 4.79 Å². The van der Waals surface area contributed by atoms with Gasteiger partial charge in [0.05, 0.1) is 0 Å². The number of rotatable bonds is 7. The van der Waals surface area contributed by atoms with Crippen LogP contribution < -0.4 is 10.1 Å². The molecular weight excluding hydrogens is 285 g/mol. The fraction of sp³-hybridized carbons (Fsp3) is 0.500. The van der Waals surface area contributed by atoms with Crippen molar-refractivity contribution in [3.05, 3.63) is 29.3 Å². The molecule has 1 amide bonds. The summed E-state index contributed by atoms with van der Waals surface area (Å²) in [4.78, 5) is 11.8. The van der Waals surface area contributed by atoms with E-state index in [2.05, 4.69) is 5.32 Å². The number of amides is 1. The predicted octanol–water partition coefficient (Wildman–Crippen LogP) is 3.63. The summed E-state index contributed by atoms with van der Waals surface area (Å²) < 4.78 is 5.39. The Labute approximate surface area is 124 Å². The standard InChI is InChI=1S/C14H19Cl2NO2/c1-3-14(2,8-9-15)17-13(18)10-19-12-6-4-11(16)5-7-12/h4-7H,3,8-10H2,1-2H3,(H,17,18). The van der Waals surface area contributed by atoms with Gasteiger partial charge in [-0.1, -0.05) is 18.5 Å². The summed E-state index contributed by atoms with van der Waals surface area (Å²) in [5, 5.41) is 3.59. The fourth-order valence-electron chi connectivity index (χ4n) is 1.59. The van der Waals surface area contributed by atoms with Gasteiger partial charge in [0.25, 0.3) is 5.91 Å².